The molecule has 0 amide bonds. The summed E-state index contributed by atoms with van der Waals surface area (Å²) in [5.41, 5.74) is 7.02. The van der Waals surface area contributed by atoms with E-state index in [2.05, 4.69) is 24.4 Å². The van der Waals surface area contributed by atoms with Crippen molar-refractivity contribution in [1.82, 2.24) is 5.32 Å². The van der Waals surface area contributed by atoms with E-state index >= 15 is 0 Å². The first-order valence-electron chi connectivity index (χ1n) is 6.57. The Labute approximate surface area is 111 Å². The lowest BCUT2D eigenvalue weighted by molar-refractivity contribution is 0.242. The molecular formula is C15H26N2O. The van der Waals surface area contributed by atoms with Crippen LogP contribution in [0.5, 0.6) is 5.75 Å². The van der Waals surface area contributed by atoms with Gasteiger partial charge in [-0.3, -0.25) is 0 Å². The van der Waals surface area contributed by atoms with Crippen molar-refractivity contribution in [3.8, 4) is 5.75 Å². The maximum atomic E-state index is 5.96. The van der Waals surface area contributed by atoms with E-state index in [-0.39, 0.29) is 11.6 Å². The van der Waals surface area contributed by atoms with Gasteiger partial charge in [-0.15, -0.1) is 0 Å². The molecule has 0 aromatic heterocycles. The molecule has 0 aliphatic carbocycles. The lowest BCUT2D eigenvalue weighted by Gasteiger charge is -2.23. The molecule has 0 bridgehead atoms. The quantitative estimate of drug-likeness (QED) is 0.816. The molecule has 1 unspecified atom stereocenters. The topological polar surface area (TPSA) is 47.3 Å². The van der Waals surface area contributed by atoms with Gasteiger partial charge in [-0.2, -0.15) is 0 Å². The number of nitrogens with two attached hydrogens (primary N) is 1. The van der Waals surface area contributed by atoms with E-state index in [1.54, 1.807) is 0 Å². The van der Waals surface area contributed by atoms with E-state index in [0.29, 0.717) is 6.04 Å². The van der Waals surface area contributed by atoms with Crippen LogP contribution in [0.2, 0.25) is 0 Å². The van der Waals surface area contributed by atoms with Crippen molar-refractivity contribution in [2.75, 3.05) is 6.54 Å². The third-order valence-electron chi connectivity index (χ3n) is 2.62. The first-order valence-corrected chi connectivity index (χ1v) is 6.57. The van der Waals surface area contributed by atoms with Gasteiger partial charge in [0.05, 0.1) is 6.10 Å². The zero-order valence-corrected chi connectivity index (χ0v) is 12.2. The summed E-state index contributed by atoms with van der Waals surface area (Å²) >= 11 is 0. The minimum Gasteiger partial charge on any atom is -0.491 e. The minimum atomic E-state index is -0.186. The van der Waals surface area contributed by atoms with Crippen LogP contribution < -0.4 is 15.8 Å². The van der Waals surface area contributed by atoms with Gasteiger partial charge in [0, 0.05) is 18.1 Å². The van der Waals surface area contributed by atoms with Gasteiger partial charge in [0.1, 0.15) is 5.75 Å². The first-order chi connectivity index (χ1) is 8.28. The standard InChI is InChI=1S/C15H26N2O/c1-11(2)18-14-8-6-13(7-9-14)12(3)17-10-15(4,5)16/h6-9,11-12,17H,10,16H2,1-5H3. The highest BCUT2D eigenvalue weighted by Crippen LogP contribution is 2.18. The fraction of sp³-hybridized carbons (Fsp3) is 0.600. The van der Waals surface area contributed by atoms with Crippen molar-refractivity contribution in [2.24, 2.45) is 5.73 Å². The molecule has 0 radical (unpaired) electrons. The maximum Gasteiger partial charge on any atom is 0.119 e. The average molecular weight is 250 g/mol. The fourth-order valence-corrected chi connectivity index (χ4v) is 1.64. The highest BCUT2D eigenvalue weighted by atomic mass is 16.5. The van der Waals surface area contributed by atoms with Crippen molar-refractivity contribution in [3.63, 3.8) is 0 Å². The summed E-state index contributed by atoms with van der Waals surface area (Å²) < 4.78 is 5.62. The summed E-state index contributed by atoms with van der Waals surface area (Å²) in [6.07, 6.45) is 0.212. The van der Waals surface area contributed by atoms with Crippen molar-refractivity contribution in [2.45, 2.75) is 52.3 Å². The normalized spacial score (nSPS) is 13.7. The lowest BCUT2D eigenvalue weighted by Crippen LogP contribution is -2.43. The third-order valence-corrected chi connectivity index (χ3v) is 2.62. The van der Waals surface area contributed by atoms with Gasteiger partial charge in [0.2, 0.25) is 0 Å². The molecule has 1 aromatic carbocycles. The second-order valence-corrected chi connectivity index (χ2v) is 5.83. The monoisotopic (exact) mass is 250 g/mol. The molecule has 0 saturated carbocycles. The Morgan fingerprint density at radius 3 is 2.17 bits per heavy atom. The number of hydrogen-bond acceptors (Lipinski definition) is 3. The van der Waals surface area contributed by atoms with Crippen LogP contribution >= 0.6 is 0 Å². The number of rotatable bonds is 6. The van der Waals surface area contributed by atoms with Crippen LogP contribution in [-0.2, 0) is 0 Å². The number of nitrogens with one attached hydrogen (secondary N) is 1. The molecule has 3 nitrogen and oxygen atoms in total. The summed E-state index contributed by atoms with van der Waals surface area (Å²) in [5.74, 6) is 0.917. The van der Waals surface area contributed by atoms with Crippen LogP contribution in [-0.4, -0.2) is 18.2 Å². The summed E-state index contributed by atoms with van der Waals surface area (Å²) in [5, 5.41) is 3.43. The molecule has 102 valence electrons. The molecule has 1 atom stereocenters. The van der Waals surface area contributed by atoms with E-state index in [4.69, 9.17) is 10.5 Å². The number of benzene rings is 1. The van der Waals surface area contributed by atoms with Crippen LogP contribution in [0.1, 0.15) is 46.2 Å². The Balaban J connectivity index is 2.56. The Morgan fingerprint density at radius 2 is 1.72 bits per heavy atom. The Bertz CT molecular complexity index is 352. The minimum absolute atomic E-state index is 0.186. The highest BCUT2D eigenvalue weighted by Gasteiger charge is 2.13. The second kappa shape index (κ2) is 6.21. The van der Waals surface area contributed by atoms with E-state index < -0.39 is 0 Å². The van der Waals surface area contributed by atoms with Gasteiger partial charge < -0.3 is 15.8 Å². The maximum absolute atomic E-state index is 5.96. The molecule has 3 heteroatoms. The zero-order valence-electron chi connectivity index (χ0n) is 12.2. The Kier molecular flexibility index (Phi) is 5.17. The summed E-state index contributed by atoms with van der Waals surface area (Å²) in [6.45, 7) is 11.0. The predicted octanol–water partition coefficient (Wildman–Crippen LogP) is 2.86. The Hall–Kier alpha value is -1.06. The zero-order chi connectivity index (χ0) is 13.8. The van der Waals surface area contributed by atoms with Crippen LogP contribution in [0, 0.1) is 0 Å². The van der Waals surface area contributed by atoms with Gasteiger partial charge in [-0.1, -0.05) is 12.1 Å². The second-order valence-electron chi connectivity index (χ2n) is 5.83. The van der Waals surface area contributed by atoms with Crippen LogP contribution in [0.15, 0.2) is 24.3 Å². The molecule has 18 heavy (non-hydrogen) atoms. The molecule has 1 aromatic rings. The lowest BCUT2D eigenvalue weighted by atomic mass is 10.0. The average Bonchev–Trinajstić information content (AvgIpc) is 2.25. The van der Waals surface area contributed by atoms with E-state index in [9.17, 15) is 0 Å². The number of hydrogen-bond donors (Lipinski definition) is 2. The number of ether oxygens (including phenoxy) is 1. The van der Waals surface area contributed by atoms with E-state index in [0.717, 1.165) is 12.3 Å². The molecular weight excluding hydrogens is 224 g/mol. The molecule has 0 aliphatic rings. The van der Waals surface area contributed by atoms with Gasteiger partial charge in [-0.25, -0.2) is 0 Å². The fourth-order valence-electron chi connectivity index (χ4n) is 1.64. The van der Waals surface area contributed by atoms with Crippen LogP contribution in [0.3, 0.4) is 0 Å². The molecule has 0 saturated heterocycles. The SMILES string of the molecule is CC(C)Oc1ccc(C(C)NCC(C)(C)N)cc1. The molecule has 0 aliphatic heterocycles. The van der Waals surface area contributed by atoms with Crippen molar-refractivity contribution in [3.05, 3.63) is 29.8 Å². The van der Waals surface area contributed by atoms with Gasteiger partial charge >= 0.3 is 0 Å². The van der Waals surface area contributed by atoms with E-state index in [1.807, 2.05) is 39.8 Å². The smallest absolute Gasteiger partial charge is 0.119 e. The first kappa shape index (κ1) is 15.0. The predicted molar refractivity (Wildman–Crippen MR) is 76.9 cm³/mol. The van der Waals surface area contributed by atoms with E-state index in [1.165, 1.54) is 5.56 Å². The summed E-state index contributed by atoms with van der Waals surface area (Å²) in [4.78, 5) is 0. The molecule has 3 N–H and O–H groups in total. The van der Waals surface area contributed by atoms with Gasteiger partial charge in [0.15, 0.2) is 0 Å². The molecule has 0 heterocycles. The molecule has 1 rings (SSSR count). The van der Waals surface area contributed by atoms with Crippen LogP contribution in [0.25, 0.3) is 0 Å². The van der Waals surface area contributed by atoms with Crippen molar-refractivity contribution >= 4 is 0 Å². The summed E-state index contributed by atoms with van der Waals surface area (Å²) in [7, 11) is 0. The van der Waals surface area contributed by atoms with Crippen LogP contribution in [0.4, 0.5) is 0 Å². The molecule has 0 spiro atoms. The van der Waals surface area contributed by atoms with Crippen molar-refractivity contribution in [1.29, 1.82) is 0 Å². The van der Waals surface area contributed by atoms with Crippen molar-refractivity contribution < 1.29 is 4.74 Å². The van der Waals surface area contributed by atoms with Gasteiger partial charge in [0.25, 0.3) is 0 Å². The summed E-state index contributed by atoms with van der Waals surface area (Å²) in [6, 6.07) is 8.51. The molecule has 0 fully saturated rings. The Morgan fingerprint density at radius 1 is 1.17 bits per heavy atom. The highest BCUT2D eigenvalue weighted by molar-refractivity contribution is 5.29. The largest absolute Gasteiger partial charge is 0.491 e. The van der Waals surface area contributed by atoms with Gasteiger partial charge in [-0.05, 0) is 52.3 Å². The third kappa shape index (κ3) is 5.52.